The molecule has 4 aromatic rings. The summed E-state index contributed by atoms with van der Waals surface area (Å²) >= 11 is 6.05. The molecule has 0 atom stereocenters. The van der Waals surface area contributed by atoms with Crippen LogP contribution in [0.1, 0.15) is 27.0 Å². The van der Waals surface area contributed by atoms with Crippen LogP contribution < -0.4 is 19.2 Å². The van der Waals surface area contributed by atoms with E-state index in [0.717, 1.165) is 5.56 Å². The van der Waals surface area contributed by atoms with Gasteiger partial charge in [-0.1, -0.05) is 53.6 Å². The maximum absolute atomic E-state index is 13.9. The number of aryl methyl sites for hydroxylation is 1. The predicted molar refractivity (Wildman–Crippen MR) is 157 cm³/mol. The van der Waals surface area contributed by atoms with Gasteiger partial charge in [0, 0.05) is 16.7 Å². The van der Waals surface area contributed by atoms with Crippen LogP contribution in [0, 0.1) is 6.92 Å². The Kier molecular flexibility index (Phi) is 9.08. The van der Waals surface area contributed by atoms with Gasteiger partial charge in [-0.05, 0) is 61.0 Å². The Hall–Kier alpha value is -4.34. The Balaban J connectivity index is 1.69. The number of benzene rings is 4. The SMILES string of the molecule is COc1ccc(/C=N/NC(=O)c2ccccc2N(Cc2ccc(Cl)cc2)S(=O)(=O)c2ccc(C)cc2)c(OC)c1. The molecule has 40 heavy (non-hydrogen) atoms. The molecule has 0 saturated heterocycles. The Morgan fingerprint density at radius 1 is 0.950 bits per heavy atom. The second-order valence-corrected chi connectivity index (χ2v) is 11.1. The van der Waals surface area contributed by atoms with Crippen LogP contribution in [0.2, 0.25) is 5.02 Å². The van der Waals surface area contributed by atoms with E-state index in [0.29, 0.717) is 27.6 Å². The minimum atomic E-state index is -4.06. The first-order valence-electron chi connectivity index (χ1n) is 12.2. The van der Waals surface area contributed by atoms with Crippen LogP contribution in [0.15, 0.2) is 101 Å². The number of amides is 1. The molecule has 0 bridgehead atoms. The van der Waals surface area contributed by atoms with Crippen LogP contribution in [-0.4, -0.2) is 34.8 Å². The van der Waals surface area contributed by atoms with Crippen molar-refractivity contribution in [3.63, 3.8) is 0 Å². The van der Waals surface area contributed by atoms with Gasteiger partial charge in [0.2, 0.25) is 0 Å². The number of sulfonamides is 1. The van der Waals surface area contributed by atoms with Crippen molar-refractivity contribution in [3.8, 4) is 11.5 Å². The van der Waals surface area contributed by atoms with E-state index in [4.69, 9.17) is 21.1 Å². The molecule has 0 aliphatic carbocycles. The molecule has 0 spiro atoms. The molecule has 0 aliphatic heterocycles. The van der Waals surface area contributed by atoms with Gasteiger partial charge in [0.15, 0.2) is 0 Å². The average molecular weight is 578 g/mol. The minimum Gasteiger partial charge on any atom is -0.497 e. The highest BCUT2D eigenvalue weighted by molar-refractivity contribution is 7.92. The molecule has 4 rings (SSSR count). The van der Waals surface area contributed by atoms with Crippen molar-refractivity contribution < 1.29 is 22.7 Å². The van der Waals surface area contributed by atoms with Crippen molar-refractivity contribution >= 4 is 39.4 Å². The number of nitrogens with one attached hydrogen (secondary N) is 1. The van der Waals surface area contributed by atoms with Gasteiger partial charge in [0.05, 0.1) is 43.1 Å². The van der Waals surface area contributed by atoms with Crippen molar-refractivity contribution in [2.75, 3.05) is 18.5 Å². The molecule has 0 aromatic heterocycles. The third kappa shape index (κ3) is 6.62. The topological polar surface area (TPSA) is 97.3 Å². The first kappa shape index (κ1) is 28.7. The van der Waals surface area contributed by atoms with Gasteiger partial charge in [0.25, 0.3) is 15.9 Å². The molecular weight excluding hydrogens is 550 g/mol. The molecule has 1 amide bonds. The summed E-state index contributed by atoms with van der Waals surface area (Å²) in [7, 11) is -0.991. The van der Waals surface area contributed by atoms with E-state index >= 15 is 0 Å². The molecule has 0 unspecified atom stereocenters. The van der Waals surface area contributed by atoms with Crippen molar-refractivity contribution in [1.82, 2.24) is 5.43 Å². The highest BCUT2D eigenvalue weighted by Gasteiger charge is 2.28. The molecule has 10 heteroatoms. The number of carbonyl (C=O) groups excluding carboxylic acids is 1. The van der Waals surface area contributed by atoms with Crippen LogP contribution in [0.4, 0.5) is 5.69 Å². The van der Waals surface area contributed by atoms with Crippen LogP contribution in [0.3, 0.4) is 0 Å². The molecule has 0 radical (unpaired) electrons. The largest absolute Gasteiger partial charge is 0.497 e. The van der Waals surface area contributed by atoms with Crippen LogP contribution in [0.25, 0.3) is 0 Å². The zero-order valence-electron chi connectivity index (χ0n) is 22.2. The predicted octanol–water partition coefficient (Wildman–Crippen LogP) is 5.83. The summed E-state index contributed by atoms with van der Waals surface area (Å²) in [5, 5.41) is 4.61. The smallest absolute Gasteiger partial charge is 0.273 e. The van der Waals surface area contributed by atoms with Gasteiger partial charge >= 0.3 is 0 Å². The highest BCUT2D eigenvalue weighted by Crippen LogP contribution is 2.30. The monoisotopic (exact) mass is 577 g/mol. The van der Waals surface area contributed by atoms with Crippen molar-refractivity contribution in [1.29, 1.82) is 0 Å². The normalized spacial score (nSPS) is 11.3. The minimum absolute atomic E-state index is 0.0238. The number of methoxy groups -OCH3 is 2. The molecule has 4 aromatic carbocycles. The van der Waals surface area contributed by atoms with Gasteiger partial charge < -0.3 is 9.47 Å². The van der Waals surface area contributed by atoms with Crippen molar-refractivity contribution in [2.24, 2.45) is 5.10 Å². The number of hydrazone groups is 1. The Morgan fingerprint density at radius 3 is 2.33 bits per heavy atom. The zero-order chi connectivity index (χ0) is 28.7. The van der Waals surface area contributed by atoms with Crippen LogP contribution >= 0.6 is 11.6 Å². The summed E-state index contributed by atoms with van der Waals surface area (Å²) in [6, 6.07) is 25.1. The summed E-state index contributed by atoms with van der Waals surface area (Å²) in [5.41, 5.74) is 5.06. The average Bonchev–Trinajstić information content (AvgIpc) is 2.97. The number of rotatable bonds is 10. The van der Waals surface area contributed by atoms with Crippen molar-refractivity contribution in [2.45, 2.75) is 18.4 Å². The fourth-order valence-corrected chi connectivity index (χ4v) is 5.52. The number of halogens is 1. The van der Waals surface area contributed by atoms with Crippen molar-refractivity contribution in [3.05, 3.63) is 118 Å². The maximum Gasteiger partial charge on any atom is 0.273 e. The zero-order valence-corrected chi connectivity index (χ0v) is 23.7. The van der Waals surface area contributed by atoms with E-state index in [2.05, 4.69) is 10.5 Å². The van der Waals surface area contributed by atoms with Gasteiger partial charge in [-0.15, -0.1) is 0 Å². The third-order valence-corrected chi connectivity index (χ3v) is 8.10. The highest BCUT2D eigenvalue weighted by atomic mass is 35.5. The number of nitrogens with zero attached hydrogens (tertiary/aromatic N) is 2. The van der Waals surface area contributed by atoms with Gasteiger partial charge in [-0.2, -0.15) is 5.10 Å². The number of para-hydroxylation sites is 1. The first-order chi connectivity index (χ1) is 19.2. The van der Waals surface area contributed by atoms with E-state index in [1.54, 1.807) is 98.1 Å². The molecule has 8 nitrogen and oxygen atoms in total. The van der Waals surface area contributed by atoms with E-state index < -0.39 is 15.9 Å². The second-order valence-electron chi connectivity index (χ2n) is 8.78. The van der Waals surface area contributed by atoms with Crippen LogP contribution in [0.5, 0.6) is 11.5 Å². The van der Waals surface area contributed by atoms with E-state index in [1.165, 1.54) is 17.6 Å². The molecular formula is C30H28ClN3O5S. The molecule has 0 aliphatic rings. The Labute approximate surface area is 238 Å². The number of hydrogen-bond donors (Lipinski definition) is 1. The molecule has 0 fully saturated rings. The van der Waals surface area contributed by atoms with E-state index in [9.17, 15) is 13.2 Å². The third-order valence-electron chi connectivity index (χ3n) is 6.08. The molecule has 0 saturated carbocycles. The number of hydrogen-bond acceptors (Lipinski definition) is 6. The lowest BCUT2D eigenvalue weighted by molar-refractivity contribution is 0.0955. The first-order valence-corrected chi connectivity index (χ1v) is 14.0. The summed E-state index contributed by atoms with van der Waals surface area (Å²) < 4.78 is 39.6. The summed E-state index contributed by atoms with van der Waals surface area (Å²) in [6.45, 7) is 1.85. The number of ether oxygens (including phenoxy) is 2. The van der Waals surface area contributed by atoms with E-state index in [1.807, 2.05) is 6.92 Å². The molecule has 1 N–H and O–H groups in total. The molecule has 0 heterocycles. The number of anilines is 1. The standard InChI is InChI=1S/C30H28ClN3O5S/c1-21-8-16-26(17-9-21)40(36,37)34(20-22-10-13-24(31)14-11-22)28-7-5-4-6-27(28)30(35)33-32-19-23-12-15-25(38-2)18-29(23)39-3/h4-19H,20H2,1-3H3,(H,33,35)/b32-19+. The van der Waals surface area contributed by atoms with Gasteiger partial charge in [0.1, 0.15) is 11.5 Å². The summed E-state index contributed by atoms with van der Waals surface area (Å²) in [4.78, 5) is 13.4. The Bertz CT molecular complexity index is 1620. The molecule has 206 valence electrons. The lowest BCUT2D eigenvalue weighted by Gasteiger charge is -2.26. The number of carbonyl (C=O) groups is 1. The quantitative estimate of drug-likeness (QED) is 0.189. The fourth-order valence-electron chi connectivity index (χ4n) is 3.92. The fraction of sp³-hybridized carbons (Fsp3) is 0.133. The van der Waals surface area contributed by atoms with Gasteiger partial charge in [-0.25, -0.2) is 13.8 Å². The Morgan fingerprint density at radius 2 is 1.65 bits per heavy atom. The van der Waals surface area contributed by atoms with Gasteiger partial charge in [-0.3, -0.25) is 9.10 Å². The second kappa shape index (κ2) is 12.7. The summed E-state index contributed by atoms with van der Waals surface area (Å²) in [5.74, 6) is 0.540. The van der Waals surface area contributed by atoms with E-state index in [-0.39, 0.29) is 22.7 Å². The van der Waals surface area contributed by atoms with Crippen LogP contribution in [-0.2, 0) is 16.6 Å². The maximum atomic E-state index is 13.9. The lowest BCUT2D eigenvalue weighted by atomic mass is 10.1. The summed E-state index contributed by atoms with van der Waals surface area (Å²) in [6.07, 6.45) is 1.44. The lowest BCUT2D eigenvalue weighted by Crippen LogP contribution is -2.33.